The summed E-state index contributed by atoms with van der Waals surface area (Å²) in [5.41, 5.74) is 1.20. The van der Waals surface area contributed by atoms with E-state index in [2.05, 4.69) is 5.32 Å². The second kappa shape index (κ2) is 5.96. The van der Waals surface area contributed by atoms with Crippen LogP contribution in [0.25, 0.3) is 0 Å². The molecule has 1 heterocycles. The Balaban J connectivity index is 2.59. The van der Waals surface area contributed by atoms with Crippen LogP contribution in [0.5, 0.6) is 0 Å². The second-order valence-electron chi connectivity index (χ2n) is 4.81. The van der Waals surface area contributed by atoms with Crippen molar-refractivity contribution in [2.24, 2.45) is 0 Å². The molecule has 1 aliphatic heterocycles. The molecule has 0 spiro atoms. The minimum atomic E-state index is -0.341. The van der Waals surface area contributed by atoms with Crippen LogP contribution in [-0.4, -0.2) is 35.3 Å². The molecule has 17 heavy (non-hydrogen) atoms. The van der Waals surface area contributed by atoms with E-state index in [1.54, 1.807) is 0 Å². The summed E-state index contributed by atoms with van der Waals surface area (Å²) in [7, 11) is 0. The molecule has 96 valence electrons. The van der Waals surface area contributed by atoms with Gasteiger partial charge in [0.1, 0.15) is 0 Å². The van der Waals surface area contributed by atoms with E-state index in [0.29, 0.717) is 13.0 Å². The zero-order chi connectivity index (χ0) is 13.0. The summed E-state index contributed by atoms with van der Waals surface area (Å²) < 4.78 is 0. The van der Waals surface area contributed by atoms with Crippen molar-refractivity contribution in [1.82, 2.24) is 10.2 Å². The van der Waals surface area contributed by atoms with E-state index < -0.39 is 0 Å². The summed E-state index contributed by atoms with van der Waals surface area (Å²) in [5, 5.41) is 3.11. The molecule has 4 heteroatoms. The summed E-state index contributed by atoms with van der Waals surface area (Å²) in [6.45, 7) is 8.55. The topological polar surface area (TPSA) is 49.4 Å². The van der Waals surface area contributed by atoms with E-state index in [1.165, 1.54) is 10.5 Å². The Morgan fingerprint density at radius 1 is 1.53 bits per heavy atom. The lowest BCUT2D eigenvalue weighted by atomic mass is 10.2. The molecule has 2 amide bonds. The Labute approximate surface area is 103 Å². The summed E-state index contributed by atoms with van der Waals surface area (Å²) in [6, 6.07) is -0.336. The lowest BCUT2D eigenvalue weighted by Crippen LogP contribution is -2.42. The third-order valence-corrected chi connectivity index (χ3v) is 3.09. The predicted octanol–water partition coefficient (Wildman–Crippen LogP) is 1.47. The first-order valence-corrected chi connectivity index (χ1v) is 6.20. The Morgan fingerprint density at radius 2 is 2.18 bits per heavy atom. The van der Waals surface area contributed by atoms with E-state index in [9.17, 15) is 9.59 Å². The number of amides is 2. The molecule has 0 aromatic carbocycles. The highest BCUT2D eigenvalue weighted by Crippen LogP contribution is 2.17. The third-order valence-electron chi connectivity index (χ3n) is 3.09. The molecule has 2 unspecified atom stereocenters. The Hall–Kier alpha value is -1.16. The smallest absolute Gasteiger partial charge is 0.247 e. The first-order chi connectivity index (χ1) is 7.97. The largest absolute Gasteiger partial charge is 0.302 e. The van der Waals surface area contributed by atoms with Gasteiger partial charge in [-0.1, -0.05) is 18.6 Å². The maximum absolute atomic E-state index is 12.0. The van der Waals surface area contributed by atoms with Crippen LogP contribution in [0.3, 0.4) is 0 Å². The molecule has 0 bridgehead atoms. The van der Waals surface area contributed by atoms with Crippen LogP contribution in [0.1, 0.15) is 40.5 Å². The van der Waals surface area contributed by atoms with Crippen molar-refractivity contribution < 1.29 is 9.59 Å². The van der Waals surface area contributed by atoms with Gasteiger partial charge in [-0.2, -0.15) is 0 Å². The molecule has 0 saturated carbocycles. The minimum Gasteiger partial charge on any atom is -0.302 e. The van der Waals surface area contributed by atoms with Crippen molar-refractivity contribution in [3.05, 3.63) is 11.6 Å². The molecular formula is C13H22N2O2. The number of hydrogen-bond acceptors (Lipinski definition) is 3. The summed E-state index contributed by atoms with van der Waals surface area (Å²) >= 11 is 0. The average Bonchev–Trinajstić information content (AvgIpc) is 2.53. The fourth-order valence-electron chi connectivity index (χ4n) is 1.86. The van der Waals surface area contributed by atoms with Gasteiger partial charge in [-0.05, 0) is 27.2 Å². The van der Waals surface area contributed by atoms with E-state index in [-0.39, 0.29) is 23.9 Å². The van der Waals surface area contributed by atoms with Gasteiger partial charge in [0.05, 0.1) is 12.5 Å². The minimum absolute atomic E-state index is 0.00486. The van der Waals surface area contributed by atoms with Crippen LogP contribution < -0.4 is 5.32 Å². The summed E-state index contributed by atoms with van der Waals surface area (Å²) in [5.74, 6) is -0.134. The van der Waals surface area contributed by atoms with Crippen molar-refractivity contribution in [3.8, 4) is 0 Å². The van der Waals surface area contributed by atoms with Gasteiger partial charge in [0.25, 0.3) is 0 Å². The van der Waals surface area contributed by atoms with Crippen molar-refractivity contribution in [3.63, 3.8) is 0 Å². The maximum Gasteiger partial charge on any atom is 0.247 e. The van der Waals surface area contributed by atoms with Crippen LogP contribution >= 0.6 is 0 Å². The number of imide groups is 1. The van der Waals surface area contributed by atoms with Crippen molar-refractivity contribution in [2.75, 3.05) is 6.54 Å². The van der Waals surface area contributed by atoms with E-state index >= 15 is 0 Å². The van der Waals surface area contributed by atoms with Gasteiger partial charge in [-0.15, -0.1) is 0 Å². The molecule has 1 N–H and O–H groups in total. The SMILES string of the molecule is CCC(C)N1C(=O)CC(NCC=C(C)C)C1=O. The van der Waals surface area contributed by atoms with Crippen LogP contribution in [-0.2, 0) is 9.59 Å². The maximum atomic E-state index is 12.0. The van der Waals surface area contributed by atoms with Crippen LogP contribution in [0, 0.1) is 0 Å². The standard InChI is InChI=1S/C13H22N2O2/c1-5-10(4)15-12(16)8-11(13(15)17)14-7-6-9(2)3/h6,10-11,14H,5,7-8H2,1-4H3. The number of carbonyl (C=O) groups is 2. The van der Waals surface area contributed by atoms with Gasteiger partial charge < -0.3 is 5.32 Å². The lowest BCUT2D eigenvalue weighted by Gasteiger charge is -2.21. The number of nitrogens with zero attached hydrogens (tertiary/aromatic N) is 1. The van der Waals surface area contributed by atoms with Gasteiger partial charge in [0.15, 0.2) is 0 Å². The van der Waals surface area contributed by atoms with Gasteiger partial charge in [0.2, 0.25) is 11.8 Å². The lowest BCUT2D eigenvalue weighted by molar-refractivity contribution is -0.141. The molecule has 1 saturated heterocycles. The Kier molecular flexibility index (Phi) is 4.87. The van der Waals surface area contributed by atoms with E-state index in [1.807, 2.05) is 33.8 Å². The van der Waals surface area contributed by atoms with Crippen molar-refractivity contribution in [1.29, 1.82) is 0 Å². The number of hydrogen-bond donors (Lipinski definition) is 1. The number of carbonyl (C=O) groups excluding carboxylic acids is 2. The summed E-state index contributed by atoms with van der Waals surface area (Å²) in [4.78, 5) is 25.2. The zero-order valence-corrected chi connectivity index (χ0v) is 11.1. The molecule has 2 atom stereocenters. The number of allylic oxidation sites excluding steroid dienone is 1. The first kappa shape index (κ1) is 13.9. The predicted molar refractivity (Wildman–Crippen MR) is 67.4 cm³/mol. The van der Waals surface area contributed by atoms with Gasteiger partial charge in [0, 0.05) is 12.6 Å². The third kappa shape index (κ3) is 3.40. The van der Waals surface area contributed by atoms with Gasteiger partial charge >= 0.3 is 0 Å². The van der Waals surface area contributed by atoms with Crippen molar-refractivity contribution in [2.45, 2.75) is 52.6 Å². The van der Waals surface area contributed by atoms with Gasteiger partial charge in [-0.25, -0.2) is 0 Å². The second-order valence-corrected chi connectivity index (χ2v) is 4.81. The highest BCUT2D eigenvalue weighted by molar-refractivity contribution is 6.05. The van der Waals surface area contributed by atoms with Crippen molar-refractivity contribution >= 4 is 11.8 Å². The monoisotopic (exact) mass is 238 g/mol. The highest BCUT2D eigenvalue weighted by atomic mass is 16.2. The number of nitrogens with one attached hydrogen (secondary N) is 1. The fraction of sp³-hybridized carbons (Fsp3) is 0.692. The normalized spacial score (nSPS) is 21.9. The molecular weight excluding hydrogens is 216 g/mol. The van der Waals surface area contributed by atoms with Crippen LogP contribution in [0.4, 0.5) is 0 Å². The number of likely N-dealkylation sites (tertiary alicyclic amines) is 1. The first-order valence-electron chi connectivity index (χ1n) is 6.20. The quantitative estimate of drug-likeness (QED) is 0.583. The fourth-order valence-corrected chi connectivity index (χ4v) is 1.86. The van der Waals surface area contributed by atoms with Gasteiger partial charge in [-0.3, -0.25) is 14.5 Å². The molecule has 4 nitrogen and oxygen atoms in total. The highest BCUT2D eigenvalue weighted by Gasteiger charge is 2.39. The molecule has 1 rings (SSSR count). The van der Waals surface area contributed by atoms with Crippen LogP contribution in [0.2, 0.25) is 0 Å². The molecule has 0 radical (unpaired) electrons. The molecule has 1 fully saturated rings. The Morgan fingerprint density at radius 3 is 2.71 bits per heavy atom. The summed E-state index contributed by atoms with van der Waals surface area (Å²) in [6.07, 6.45) is 3.11. The average molecular weight is 238 g/mol. The van der Waals surface area contributed by atoms with E-state index in [4.69, 9.17) is 0 Å². The van der Waals surface area contributed by atoms with Crippen LogP contribution in [0.15, 0.2) is 11.6 Å². The molecule has 1 aliphatic rings. The molecule has 0 aromatic heterocycles. The van der Waals surface area contributed by atoms with E-state index in [0.717, 1.165) is 6.42 Å². The Bertz CT molecular complexity index is 332. The zero-order valence-electron chi connectivity index (χ0n) is 11.1. The molecule has 0 aromatic rings. The molecule has 0 aliphatic carbocycles. The number of rotatable bonds is 5.